The normalized spacial score (nSPS) is 25.0. The molecule has 0 aliphatic carbocycles. The second-order valence-electron chi connectivity index (χ2n) is 6.43. The van der Waals surface area contributed by atoms with E-state index in [1.54, 1.807) is 4.90 Å². The number of amidine groups is 1. The Morgan fingerprint density at radius 2 is 1.89 bits per heavy atom. The van der Waals surface area contributed by atoms with Crippen molar-refractivity contribution in [1.29, 1.82) is 0 Å². The molecule has 3 rings (SSSR count). The van der Waals surface area contributed by atoms with Gasteiger partial charge in [-0.25, -0.2) is 8.42 Å². The summed E-state index contributed by atoms with van der Waals surface area (Å²) in [5.74, 6) is -1.58. The van der Waals surface area contributed by atoms with Crippen LogP contribution >= 0.6 is 43.6 Å². The van der Waals surface area contributed by atoms with Gasteiger partial charge in [0.1, 0.15) is 0 Å². The third kappa shape index (κ3) is 4.57. The van der Waals surface area contributed by atoms with Crippen molar-refractivity contribution in [3.05, 3.63) is 26.6 Å². The first-order valence-corrected chi connectivity index (χ1v) is 12.3. The summed E-state index contributed by atoms with van der Waals surface area (Å²) >= 11 is 8.32. The summed E-state index contributed by atoms with van der Waals surface area (Å²) in [7, 11) is -3.16. The van der Waals surface area contributed by atoms with Crippen molar-refractivity contribution in [2.24, 2.45) is 4.99 Å². The van der Waals surface area contributed by atoms with E-state index in [0.717, 1.165) is 14.5 Å². The number of nitrogens with zero attached hydrogens (tertiary/aromatic N) is 2. The minimum Gasteiger partial charge on any atom is -0.481 e. The molecule has 1 aromatic carbocycles. The van der Waals surface area contributed by atoms with Crippen LogP contribution in [0, 0.1) is 6.92 Å². The maximum absolute atomic E-state index is 12.1. The lowest BCUT2D eigenvalue weighted by atomic mass is 10.1. The van der Waals surface area contributed by atoms with Gasteiger partial charge in [0, 0.05) is 20.6 Å². The highest BCUT2D eigenvalue weighted by atomic mass is 79.9. The number of aliphatic carboxylic acids is 1. The molecule has 0 saturated carbocycles. The van der Waals surface area contributed by atoms with Crippen LogP contribution in [0.25, 0.3) is 0 Å². The highest BCUT2D eigenvalue weighted by molar-refractivity contribution is 9.11. The summed E-state index contributed by atoms with van der Waals surface area (Å²) in [6.07, 6.45) is -0.490. The molecule has 1 aromatic rings. The SMILES string of the molecule is Cc1cc(Br)c(N2C(=NC(=O)CCC(=O)O)S[C@@H]3CS(=O)(=O)C[C@@H]32)c(Br)c1. The lowest BCUT2D eigenvalue weighted by Crippen LogP contribution is -2.38. The number of hydrogen-bond acceptors (Lipinski definition) is 5. The molecular weight excluding hydrogens is 524 g/mol. The maximum atomic E-state index is 12.1. The molecule has 7 nitrogen and oxygen atoms in total. The van der Waals surface area contributed by atoms with Crippen LogP contribution in [0.5, 0.6) is 0 Å². The van der Waals surface area contributed by atoms with Crippen LogP contribution in [-0.2, 0) is 19.4 Å². The quantitative estimate of drug-likeness (QED) is 0.627. The smallest absolute Gasteiger partial charge is 0.303 e. The Balaban J connectivity index is 2.02. The van der Waals surface area contributed by atoms with Crippen molar-refractivity contribution in [2.75, 3.05) is 16.4 Å². The molecule has 27 heavy (non-hydrogen) atoms. The van der Waals surface area contributed by atoms with E-state index in [2.05, 4.69) is 36.9 Å². The zero-order valence-corrected chi connectivity index (χ0v) is 19.0. The number of hydrogen-bond donors (Lipinski definition) is 1. The van der Waals surface area contributed by atoms with Gasteiger partial charge >= 0.3 is 5.97 Å². The first-order valence-electron chi connectivity index (χ1n) is 8.02. The molecule has 1 amide bonds. The number of fused-ring (bicyclic) bond motifs is 1. The van der Waals surface area contributed by atoms with Gasteiger partial charge < -0.3 is 10.0 Å². The molecule has 0 radical (unpaired) electrons. The predicted octanol–water partition coefficient (Wildman–Crippen LogP) is 2.99. The summed E-state index contributed by atoms with van der Waals surface area (Å²) in [5, 5.41) is 8.93. The lowest BCUT2D eigenvalue weighted by molar-refractivity contribution is -0.138. The van der Waals surface area contributed by atoms with Crippen LogP contribution < -0.4 is 4.90 Å². The molecule has 0 unspecified atom stereocenters. The molecule has 0 aromatic heterocycles. The van der Waals surface area contributed by atoms with E-state index in [9.17, 15) is 18.0 Å². The van der Waals surface area contributed by atoms with Gasteiger partial charge in [0.15, 0.2) is 15.0 Å². The van der Waals surface area contributed by atoms with Crippen LogP contribution in [0.3, 0.4) is 0 Å². The fourth-order valence-corrected chi connectivity index (χ4v) is 8.84. The van der Waals surface area contributed by atoms with Crippen LogP contribution in [0.15, 0.2) is 26.1 Å². The van der Waals surface area contributed by atoms with Gasteiger partial charge in [0.05, 0.1) is 29.7 Å². The highest BCUT2D eigenvalue weighted by Gasteiger charge is 2.50. The zero-order chi connectivity index (χ0) is 19.9. The number of sulfone groups is 1. The first-order chi connectivity index (χ1) is 12.6. The molecule has 2 aliphatic rings. The van der Waals surface area contributed by atoms with E-state index in [0.29, 0.717) is 10.9 Å². The monoisotopic (exact) mass is 538 g/mol. The third-order valence-electron chi connectivity index (χ3n) is 4.24. The number of aliphatic imine (C=N–C) groups is 1. The number of anilines is 1. The zero-order valence-electron chi connectivity index (χ0n) is 14.2. The average Bonchev–Trinajstić information content (AvgIpc) is 2.97. The van der Waals surface area contributed by atoms with Gasteiger partial charge in [-0.3, -0.25) is 9.59 Å². The van der Waals surface area contributed by atoms with E-state index in [-0.39, 0.29) is 35.6 Å². The largest absolute Gasteiger partial charge is 0.481 e. The summed E-state index contributed by atoms with van der Waals surface area (Å²) in [6.45, 7) is 1.94. The third-order valence-corrected chi connectivity index (χ3v) is 8.66. The Bertz CT molecular complexity index is 925. The van der Waals surface area contributed by atoms with Gasteiger partial charge in [-0.1, -0.05) is 11.8 Å². The Labute approximate surface area is 177 Å². The summed E-state index contributed by atoms with van der Waals surface area (Å²) in [4.78, 5) is 28.7. The average molecular weight is 540 g/mol. The Kier molecular flexibility index (Phi) is 6.05. The fraction of sp³-hybridized carbons (Fsp3) is 0.438. The number of amides is 1. The van der Waals surface area contributed by atoms with Crippen molar-refractivity contribution in [2.45, 2.75) is 31.1 Å². The number of halogens is 2. The number of benzene rings is 1. The summed E-state index contributed by atoms with van der Waals surface area (Å²) in [6, 6.07) is 3.48. The van der Waals surface area contributed by atoms with Gasteiger partial charge in [0.25, 0.3) is 0 Å². The van der Waals surface area contributed by atoms with E-state index in [1.165, 1.54) is 11.8 Å². The molecule has 11 heteroatoms. The fourth-order valence-electron chi connectivity index (χ4n) is 3.12. The Morgan fingerprint density at radius 1 is 1.26 bits per heavy atom. The van der Waals surface area contributed by atoms with Gasteiger partial charge in [-0.2, -0.15) is 4.99 Å². The number of aryl methyl sites for hydroxylation is 1. The minimum atomic E-state index is -3.16. The summed E-state index contributed by atoms with van der Waals surface area (Å²) < 4.78 is 25.7. The van der Waals surface area contributed by atoms with E-state index < -0.39 is 21.7 Å². The Hall–Kier alpha value is -0.910. The van der Waals surface area contributed by atoms with Gasteiger partial charge in [0.2, 0.25) is 5.91 Å². The molecule has 0 spiro atoms. The molecule has 2 atom stereocenters. The lowest BCUT2D eigenvalue weighted by Gasteiger charge is -2.27. The van der Waals surface area contributed by atoms with Crippen molar-refractivity contribution >= 4 is 76.2 Å². The van der Waals surface area contributed by atoms with Crippen LogP contribution in [-0.4, -0.2) is 53.4 Å². The number of carbonyl (C=O) groups excluding carboxylic acids is 1. The van der Waals surface area contributed by atoms with E-state index >= 15 is 0 Å². The number of thioether (sulfide) groups is 1. The van der Waals surface area contributed by atoms with E-state index in [4.69, 9.17) is 5.11 Å². The molecule has 146 valence electrons. The van der Waals surface area contributed by atoms with Crippen molar-refractivity contribution in [1.82, 2.24) is 0 Å². The molecule has 2 fully saturated rings. The standard InChI is InChI=1S/C16H16Br2N2O5S2/c1-8-4-9(17)15(10(18)5-8)20-11-6-27(24,25)7-12(11)26-16(20)19-13(21)2-3-14(22)23/h4-5,11-12H,2-3,6-7H2,1H3,(H,22,23)/t11-,12+/m0/s1. The van der Waals surface area contributed by atoms with Gasteiger partial charge in [-0.15, -0.1) is 0 Å². The van der Waals surface area contributed by atoms with Crippen LogP contribution in [0.4, 0.5) is 5.69 Å². The number of carboxylic acid groups (broad SMARTS) is 1. The molecule has 0 bridgehead atoms. The van der Waals surface area contributed by atoms with Crippen LogP contribution in [0.2, 0.25) is 0 Å². The molecule has 1 N–H and O–H groups in total. The van der Waals surface area contributed by atoms with Crippen molar-refractivity contribution in [3.63, 3.8) is 0 Å². The second-order valence-corrected chi connectivity index (χ2v) is 11.5. The molecule has 2 aliphatic heterocycles. The highest BCUT2D eigenvalue weighted by Crippen LogP contribution is 2.46. The van der Waals surface area contributed by atoms with Gasteiger partial charge in [-0.05, 0) is 56.5 Å². The second kappa shape index (κ2) is 7.84. The topological polar surface area (TPSA) is 104 Å². The number of carboxylic acids is 1. The Morgan fingerprint density at radius 3 is 2.48 bits per heavy atom. The predicted molar refractivity (Wildman–Crippen MR) is 112 cm³/mol. The van der Waals surface area contributed by atoms with Crippen molar-refractivity contribution in [3.8, 4) is 0 Å². The maximum Gasteiger partial charge on any atom is 0.303 e. The molecular formula is C16H16Br2N2O5S2. The first kappa shape index (κ1) is 20.8. The van der Waals surface area contributed by atoms with E-state index in [1.807, 2.05) is 19.1 Å². The minimum absolute atomic E-state index is 0.0141. The molecule has 2 saturated heterocycles. The summed E-state index contributed by atoms with van der Waals surface area (Å²) in [5.41, 5.74) is 1.72. The number of carbonyl (C=O) groups is 2. The molecule has 2 heterocycles. The van der Waals surface area contributed by atoms with Crippen LogP contribution in [0.1, 0.15) is 18.4 Å². The van der Waals surface area contributed by atoms with Crippen molar-refractivity contribution < 1.29 is 23.1 Å². The number of rotatable bonds is 4.